The number of hydrogen-bond acceptors (Lipinski definition) is 2. The van der Waals surface area contributed by atoms with Gasteiger partial charge in [0.15, 0.2) is 0 Å². The van der Waals surface area contributed by atoms with E-state index in [0.29, 0.717) is 10.6 Å². The van der Waals surface area contributed by atoms with Crippen LogP contribution >= 0.6 is 23.2 Å². The van der Waals surface area contributed by atoms with Crippen molar-refractivity contribution in [1.82, 2.24) is 0 Å². The SMILES string of the molecule is O=C(OCc1c(F)cccc1Cl)c1cccc(Cl)c1. The Bertz CT molecular complexity index is 594. The monoisotopic (exact) mass is 298 g/mol. The molecule has 0 aromatic heterocycles. The third-order valence-electron chi connectivity index (χ3n) is 2.47. The molecule has 0 bridgehead atoms. The van der Waals surface area contributed by atoms with Crippen LogP contribution in [0.4, 0.5) is 4.39 Å². The van der Waals surface area contributed by atoms with Gasteiger partial charge in [0.2, 0.25) is 0 Å². The van der Waals surface area contributed by atoms with E-state index in [1.54, 1.807) is 18.2 Å². The summed E-state index contributed by atoms with van der Waals surface area (Å²) in [6.45, 7) is -0.225. The second-order valence-electron chi connectivity index (χ2n) is 3.79. The van der Waals surface area contributed by atoms with Gasteiger partial charge in [-0.05, 0) is 30.3 Å². The number of carbonyl (C=O) groups is 1. The zero-order chi connectivity index (χ0) is 13.8. The second kappa shape index (κ2) is 6.04. The van der Waals surface area contributed by atoms with E-state index in [9.17, 15) is 9.18 Å². The smallest absolute Gasteiger partial charge is 0.338 e. The fraction of sp³-hybridized carbons (Fsp3) is 0.0714. The quantitative estimate of drug-likeness (QED) is 0.781. The van der Waals surface area contributed by atoms with Crippen LogP contribution in [0.5, 0.6) is 0 Å². The summed E-state index contributed by atoms with van der Waals surface area (Å²) < 4.78 is 18.5. The van der Waals surface area contributed by atoms with Crippen molar-refractivity contribution in [3.8, 4) is 0 Å². The number of ether oxygens (including phenoxy) is 1. The lowest BCUT2D eigenvalue weighted by atomic mass is 10.2. The predicted molar refractivity (Wildman–Crippen MR) is 72.0 cm³/mol. The average Bonchev–Trinajstić information content (AvgIpc) is 2.38. The van der Waals surface area contributed by atoms with E-state index in [1.807, 2.05) is 0 Å². The van der Waals surface area contributed by atoms with E-state index in [4.69, 9.17) is 27.9 Å². The second-order valence-corrected chi connectivity index (χ2v) is 4.63. The maximum atomic E-state index is 13.5. The highest BCUT2D eigenvalue weighted by Gasteiger charge is 2.12. The lowest BCUT2D eigenvalue weighted by molar-refractivity contribution is 0.0469. The van der Waals surface area contributed by atoms with Crippen molar-refractivity contribution in [2.45, 2.75) is 6.61 Å². The van der Waals surface area contributed by atoms with E-state index in [-0.39, 0.29) is 17.2 Å². The Balaban J connectivity index is 2.09. The Morgan fingerprint density at radius 1 is 1.16 bits per heavy atom. The van der Waals surface area contributed by atoms with E-state index in [0.717, 1.165) is 0 Å². The van der Waals surface area contributed by atoms with Gasteiger partial charge in [-0.2, -0.15) is 0 Å². The van der Waals surface area contributed by atoms with E-state index in [1.165, 1.54) is 24.3 Å². The van der Waals surface area contributed by atoms with Crippen molar-refractivity contribution in [1.29, 1.82) is 0 Å². The van der Waals surface area contributed by atoms with Gasteiger partial charge in [-0.15, -0.1) is 0 Å². The first-order valence-electron chi connectivity index (χ1n) is 5.43. The molecule has 0 aliphatic carbocycles. The molecule has 0 saturated heterocycles. The third kappa shape index (κ3) is 3.46. The van der Waals surface area contributed by atoms with Crippen molar-refractivity contribution in [2.24, 2.45) is 0 Å². The van der Waals surface area contributed by atoms with Gasteiger partial charge in [0.25, 0.3) is 0 Å². The minimum atomic E-state index is -0.582. The number of hydrogen-bond donors (Lipinski definition) is 0. The van der Waals surface area contributed by atoms with Crippen LogP contribution in [0.15, 0.2) is 42.5 Å². The molecule has 0 atom stereocenters. The topological polar surface area (TPSA) is 26.3 Å². The molecule has 0 saturated carbocycles. The molecule has 0 N–H and O–H groups in total. The van der Waals surface area contributed by atoms with Gasteiger partial charge in [-0.1, -0.05) is 35.3 Å². The summed E-state index contributed by atoms with van der Waals surface area (Å²) in [5.74, 6) is -1.09. The minimum absolute atomic E-state index is 0.152. The molecule has 2 rings (SSSR count). The first-order valence-corrected chi connectivity index (χ1v) is 6.19. The van der Waals surface area contributed by atoms with Crippen LogP contribution in [0.1, 0.15) is 15.9 Å². The molecule has 0 radical (unpaired) electrons. The van der Waals surface area contributed by atoms with E-state index < -0.39 is 11.8 Å². The van der Waals surface area contributed by atoms with Crippen molar-refractivity contribution in [3.63, 3.8) is 0 Å². The molecule has 0 fully saturated rings. The molecular formula is C14H9Cl2FO2. The Labute approximate surface area is 119 Å². The fourth-order valence-corrected chi connectivity index (χ4v) is 1.91. The maximum Gasteiger partial charge on any atom is 0.338 e. The first-order chi connectivity index (χ1) is 9.08. The molecule has 0 unspecified atom stereocenters. The van der Waals surface area contributed by atoms with Crippen LogP contribution < -0.4 is 0 Å². The highest BCUT2D eigenvalue weighted by molar-refractivity contribution is 6.31. The van der Waals surface area contributed by atoms with Gasteiger partial charge in [-0.3, -0.25) is 0 Å². The number of halogens is 3. The predicted octanol–water partition coefficient (Wildman–Crippen LogP) is 4.49. The van der Waals surface area contributed by atoms with Crippen molar-refractivity contribution in [2.75, 3.05) is 0 Å². The van der Waals surface area contributed by atoms with Gasteiger partial charge >= 0.3 is 5.97 Å². The lowest BCUT2D eigenvalue weighted by Gasteiger charge is -2.07. The number of rotatable bonds is 3. The van der Waals surface area contributed by atoms with Crippen LogP contribution in [0.2, 0.25) is 10.0 Å². The summed E-state index contributed by atoms with van der Waals surface area (Å²) in [4.78, 5) is 11.7. The van der Waals surface area contributed by atoms with Gasteiger partial charge < -0.3 is 4.74 Å². The Morgan fingerprint density at radius 3 is 2.58 bits per heavy atom. The largest absolute Gasteiger partial charge is 0.457 e. The minimum Gasteiger partial charge on any atom is -0.457 e. The van der Waals surface area contributed by atoms with Crippen LogP contribution in [0.25, 0.3) is 0 Å². The van der Waals surface area contributed by atoms with Crippen molar-refractivity contribution < 1.29 is 13.9 Å². The number of esters is 1. The number of benzene rings is 2. The molecule has 5 heteroatoms. The standard InChI is InChI=1S/C14H9Cl2FO2/c15-10-4-1-3-9(7-10)14(18)19-8-11-12(16)5-2-6-13(11)17/h1-7H,8H2. The molecule has 2 aromatic carbocycles. The summed E-state index contributed by atoms with van der Waals surface area (Å²) in [5.41, 5.74) is 0.458. The molecule has 2 nitrogen and oxygen atoms in total. The molecule has 98 valence electrons. The molecule has 0 aliphatic rings. The van der Waals surface area contributed by atoms with Gasteiger partial charge in [0.1, 0.15) is 12.4 Å². The highest BCUT2D eigenvalue weighted by Crippen LogP contribution is 2.20. The summed E-state index contributed by atoms with van der Waals surface area (Å²) in [6.07, 6.45) is 0. The Kier molecular flexibility index (Phi) is 4.40. The van der Waals surface area contributed by atoms with Crippen LogP contribution in [0, 0.1) is 5.82 Å². The normalized spacial score (nSPS) is 10.3. The third-order valence-corrected chi connectivity index (χ3v) is 3.06. The van der Waals surface area contributed by atoms with Gasteiger partial charge in [-0.25, -0.2) is 9.18 Å². The average molecular weight is 299 g/mol. The van der Waals surface area contributed by atoms with E-state index >= 15 is 0 Å². The van der Waals surface area contributed by atoms with Crippen molar-refractivity contribution >= 4 is 29.2 Å². The Morgan fingerprint density at radius 2 is 1.89 bits per heavy atom. The summed E-state index contributed by atoms with van der Waals surface area (Å²) in [7, 11) is 0. The number of carbonyl (C=O) groups excluding carboxylic acids is 1. The molecule has 0 spiro atoms. The fourth-order valence-electron chi connectivity index (χ4n) is 1.51. The molecule has 0 heterocycles. The van der Waals surface area contributed by atoms with Crippen molar-refractivity contribution in [3.05, 3.63) is 69.5 Å². The molecular weight excluding hydrogens is 290 g/mol. The molecule has 0 aliphatic heterocycles. The zero-order valence-corrected chi connectivity index (χ0v) is 11.2. The van der Waals surface area contributed by atoms with Crippen LogP contribution in [-0.2, 0) is 11.3 Å². The van der Waals surface area contributed by atoms with Crippen LogP contribution in [0.3, 0.4) is 0 Å². The summed E-state index contributed by atoms with van der Waals surface area (Å²) >= 11 is 11.6. The van der Waals surface area contributed by atoms with Gasteiger partial charge in [0.05, 0.1) is 10.6 Å². The first kappa shape index (κ1) is 13.8. The van der Waals surface area contributed by atoms with Gasteiger partial charge in [0, 0.05) is 10.6 Å². The highest BCUT2D eigenvalue weighted by atomic mass is 35.5. The summed E-state index contributed by atoms with van der Waals surface area (Å²) in [6, 6.07) is 10.6. The zero-order valence-electron chi connectivity index (χ0n) is 9.70. The lowest BCUT2D eigenvalue weighted by Crippen LogP contribution is -2.06. The molecule has 0 amide bonds. The molecule has 2 aromatic rings. The summed E-state index contributed by atoms with van der Waals surface area (Å²) in [5, 5.41) is 0.650. The van der Waals surface area contributed by atoms with E-state index in [2.05, 4.69) is 0 Å². The van der Waals surface area contributed by atoms with Crippen LogP contribution in [-0.4, -0.2) is 5.97 Å². The Hall–Kier alpha value is -1.58. The molecule has 19 heavy (non-hydrogen) atoms. The maximum absolute atomic E-state index is 13.5.